The molecule has 4 heterocycles. The Balaban J connectivity index is 1.54. The van der Waals surface area contributed by atoms with E-state index in [1.54, 1.807) is 16.9 Å². The van der Waals surface area contributed by atoms with Crippen LogP contribution in [-0.2, 0) is 22.5 Å². The summed E-state index contributed by atoms with van der Waals surface area (Å²) in [4.78, 5) is 31.9. The molecule has 3 aromatic heterocycles. The topological polar surface area (TPSA) is 86.4 Å². The molecular formula is C20H23N3O4S2. The number of rotatable bonds is 8. The Hall–Kier alpha value is -2.10. The third-order valence-corrected chi connectivity index (χ3v) is 6.94. The lowest BCUT2D eigenvalue weighted by molar-refractivity contribution is -0.119. The Morgan fingerprint density at radius 1 is 1.48 bits per heavy atom. The van der Waals surface area contributed by atoms with Crippen molar-refractivity contribution in [1.82, 2.24) is 14.9 Å². The predicted octanol–water partition coefficient (Wildman–Crippen LogP) is 3.05. The van der Waals surface area contributed by atoms with Crippen LogP contribution in [0.2, 0.25) is 0 Å². The average molecular weight is 434 g/mol. The third kappa shape index (κ3) is 4.73. The smallest absolute Gasteiger partial charge is 0.263 e. The second-order valence-electron chi connectivity index (χ2n) is 6.88. The van der Waals surface area contributed by atoms with Gasteiger partial charge >= 0.3 is 0 Å². The first-order chi connectivity index (χ1) is 14.1. The van der Waals surface area contributed by atoms with E-state index in [9.17, 15) is 9.59 Å². The Labute approximate surface area is 176 Å². The number of thioether (sulfide) groups is 1. The minimum absolute atomic E-state index is 0.0928. The molecule has 0 aliphatic carbocycles. The number of amides is 1. The number of ether oxygens (including phenoxy) is 1. The minimum Gasteiger partial charge on any atom is -0.467 e. The van der Waals surface area contributed by atoms with Gasteiger partial charge < -0.3 is 14.5 Å². The van der Waals surface area contributed by atoms with Gasteiger partial charge in [-0.25, -0.2) is 4.98 Å². The molecule has 3 aromatic rings. The van der Waals surface area contributed by atoms with Gasteiger partial charge in [-0.3, -0.25) is 14.2 Å². The van der Waals surface area contributed by atoms with Crippen molar-refractivity contribution in [1.29, 1.82) is 0 Å². The van der Waals surface area contributed by atoms with E-state index >= 15 is 0 Å². The van der Waals surface area contributed by atoms with Crippen molar-refractivity contribution in [3.63, 3.8) is 0 Å². The van der Waals surface area contributed by atoms with Crippen molar-refractivity contribution in [2.24, 2.45) is 0 Å². The van der Waals surface area contributed by atoms with Crippen molar-refractivity contribution in [2.45, 2.75) is 44.0 Å². The lowest BCUT2D eigenvalue weighted by atomic mass is 10.2. The molecule has 0 saturated carbocycles. The van der Waals surface area contributed by atoms with Gasteiger partial charge in [-0.1, -0.05) is 18.7 Å². The number of carbonyl (C=O) groups excluding carboxylic acids is 1. The molecule has 1 aliphatic rings. The maximum atomic E-state index is 13.1. The van der Waals surface area contributed by atoms with Crippen molar-refractivity contribution < 1.29 is 13.9 Å². The molecule has 0 unspecified atom stereocenters. The molecule has 0 bridgehead atoms. The van der Waals surface area contributed by atoms with Gasteiger partial charge in [0.2, 0.25) is 5.91 Å². The first-order valence-corrected chi connectivity index (χ1v) is 11.5. The summed E-state index contributed by atoms with van der Waals surface area (Å²) in [6.45, 7) is 3.63. The lowest BCUT2D eigenvalue weighted by Crippen LogP contribution is -2.33. The summed E-state index contributed by atoms with van der Waals surface area (Å²) in [7, 11) is 0. The summed E-state index contributed by atoms with van der Waals surface area (Å²) in [6, 6.07) is 5.53. The number of hydrogen-bond acceptors (Lipinski definition) is 7. The molecule has 4 rings (SSSR count). The first-order valence-electron chi connectivity index (χ1n) is 9.70. The van der Waals surface area contributed by atoms with Crippen LogP contribution in [0.15, 0.2) is 38.8 Å². The van der Waals surface area contributed by atoms with Crippen LogP contribution in [-0.4, -0.2) is 40.5 Å². The molecule has 1 amide bonds. The number of fused-ring (bicyclic) bond motifs is 1. The molecule has 1 N–H and O–H groups in total. The van der Waals surface area contributed by atoms with Gasteiger partial charge in [0.15, 0.2) is 5.16 Å². The molecule has 1 aliphatic heterocycles. The SMILES string of the molecule is CCc1cc2c(=O)n(Cc3ccco3)c(SCC(=O)NC[C@H]3CCCO3)nc2s1. The summed E-state index contributed by atoms with van der Waals surface area (Å²) in [5.41, 5.74) is -0.107. The molecule has 9 heteroatoms. The van der Waals surface area contributed by atoms with Crippen LogP contribution in [0, 0.1) is 0 Å². The number of carbonyl (C=O) groups is 1. The maximum absolute atomic E-state index is 13.1. The van der Waals surface area contributed by atoms with E-state index in [1.165, 1.54) is 23.1 Å². The Bertz CT molecular complexity index is 1040. The molecule has 7 nitrogen and oxygen atoms in total. The van der Waals surface area contributed by atoms with Crippen molar-refractivity contribution in [3.05, 3.63) is 45.5 Å². The number of nitrogens with zero attached hydrogens (tertiary/aromatic N) is 2. The van der Waals surface area contributed by atoms with Gasteiger partial charge in [-0.2, -0.15) is 0 Å². The van der Waals surface area contributed by atoms with E-state index in [0.717, 1.165) is 30.7 Å². The quantitative estimate of drug-likeness (QED) is 0.434. The maximum Gasteiger partial charge on any atom is 0.263 e. The number of thiophene rings is 1. The van der Waals surface area contributed by atoms with Gasteiger partial charge in [0.25, 0.3) is 5.56 Å². The molecular weight excluding hydrogens is 410 g/mol. The highest BCUT2D eigenvalue weighted by atomic mass is 32.2. The second-order valence-corrected chi connectivity index (χ2v) is 8.94. The number of aromatic nitrogens is 2. The van der Waals surface area contributed by atoms with E-state index in [0.29, 0.717) is 27.7 Å². The highest BCUT2D eigenvalue weighted by Crippen LogP contribution is 2.25. The first kappa shape index (κ1) is 20.2. The van der Waals surface area contributed by atoms with E-state index in [2.05, 4.69) is 12.2 Å². The molecule has 1 fully saturated rings. The zero-order valence-corrected chi connectivity index (χ0v) is 17.8. The molecule has 154 valence electrons. The van der Waals surface area contributed by atoms with Gasteiger partial charge in [0, 0.05) is 18.0 Å². The minimum atomic E-state index is -0.107. The van der Waals surface area contributed by atoms with Crippen molar-refractivity contribution in [2.75, 3.05) is 18.9 Å². The zero-order chi connectivity index (χ0) is 20.2. The fourth-order valence-electron chi connectivity index (χ4n) is 3.24. The predicted molar refractivity (Wildman–Crippen MR) is 114 cm³/mol. The number of nitrogens with one attached hydrogen (secondary N) is 1. The van der Waals surface area contributed by atoms with E-state index in [1.807, 2.05) is 12.1 Å². The molecule has 0 spiro atoms. The van der Waals surface area contributed by atoms with E-state index in [4.69, 9.17) is 14.1 Å². The lowest BCUT2D eigenvalue weighted by Gasteiger charge is -2.12. The summed E-state index contributed by atoms with van der Waals surface area (Å²) < 4.78 is 12.5. The Morgan fingerprint density at radius 3 is 3.10 bits per heavy atom. The molecule has 29 heavy (non-hydrogen) atoms. The van der Waals surface area contributed by atoms with Gasteiger partial charge in [0.1, 0.15) is 10.6 Å². The van der Waals surface area contributed by atoms with Crippen LogP contribution in [0.25, 0.3) is 10.2 Å². The number of aryl methyl sites for hydroxylation is 1. The van der Waals surface area contributed by atoms with Gasteiger partial charge in [-0.15, -0.1) is 11.3 Å². The zero-order valence-electron chi connectivity index (χ0n) is 16.2. The summed E-state index contributed by atoms with van der Waals surface area (Å²) >= 11 is 2.79. The van der Waals surface area contributed by atoms with Gasteiger partial charge in [0.05, 0.1) is 30.1 Å². The molecule has 1 atom stereocenters. The van der Waals surface area contributed by atoms with Crippen LogP contribution >= 0.6 is 23.1 Å². The molecule has 0 radical (unpaired) electrons. The highest BCUT2D eigenvalue weighted by molar-refractivity contribution is 7.99. The van der Waals surface area contributed by atoms with Crippen LogP contribution < -0.4 is 10.9 Å². The third-order valence-electron chi connectivity index (χ3n) is 4.79. The second kappa shape index (κ2) is 9.15. The highest BCUT2D eigenvalue weighted by Gasteiger charge is 2.18. The Kier molecular flexibility index (Phi) is 6.37. The largest absolute Gasteiger partial charge is 0.467 e. The Morgan fingerprint density at radius 2 is 2.38 bits per heavy atom. The summed E-state index contributed by atoms with van der Waals surface area (Å²) in [6.07, 6.45) is 4.56. The van der Waals surface area contributed by atoms with Crippen LogP contribution in [0.5, 0.6) is 0 Å². The summed E-state index contributed by atoms with van der Waals surface area (Å²) in [5.74, 6) is 0.767. The normalized spacial score (nSPS) is 16.5. The molecule has 1 saturated heterocycles. The molecule has 0 aromatic carbocycles. The van der Waals surface area contributed by atoms with Crippen molar-refractivity contribution in [3.8, 4) is 0 Å². The summed E-state index contributed by atoms with van der Waals surface area (Å²) in [5, 5.41) is 4.05. The fourth-order valence-corrected chi connectivity index (χ4v) is 5.08. The van der Waals surface area contributed by atoms with Crippen LogP contribution in [0.1, 0.15) is 30.4 Å². The fraction of sp³-hybridized carbons (Fsp3) is 0.450. The monoisotopic (exact) mass is 433 g/mol. The van der Waals surface area contributed by atoms with Crippen LogP contribution in [0.4, 0.5) is 0 Å². The van der Waals surface area contributed by atoms with Crippen LogP contribution in [0.3, 0.4) is 0 Å². The number of furan rings is 1. The average Bonchev–Trinajstić information content (AvgIpc) is 3.48. The standard InChI is InChI=1S/C20H23N3O4S2/c1-2-15-9-16-18(29-15)22-20(23(19(16)25)11-14-6-4-8-27-14)28-12-17(24)21-10-13-5-3-7-26-13/h4,6,8-9,13H,2-3,5,7,10-12H2,1H3,(H,21,24)/t13-/m1/s1. The number of hydrogen-bond donors (Lipinski definition) is 1. The van der Waals surface area contributed by atoms with Gasteiger partial charge in [-0.05, 0) is 37.5 Å². The van der Waals surface area contributed by atoms with E-state index < -0.39 is 0 Å². The van der Waals surface area contributed by atoms with E-state index in [-0.39, 0.29) is 29.9 Å². The van der Waals surface area contributed by atoms with Crippen molar-refractivity contribution >= 4 is 39.2 Å².